The minimum atomic E-state index is -1.30. The van der Waals surface area contributed by atoms with Crippen molar-refractivity contribution in [3.05, 3.63) is 48.1 Å². The highest BCUT2D eigenvalue weighted by Gasteiger charge is 2.74. The van der Waals surface area contributed by atoms with Crippen molar-refractivity contribution >= 4 is 5.97 Å². The first-order chi connectivity index (χ1) is 13.3. The highest BCUT2D eigenvalue weighted by molar-refractivity contribution is 5.91. The Morgan fingerprint density at radius 2 is 2.18 bits per heavy atom. The van der Waals surface area contributed by atoms with Crippen LogP contribution in [0.4, 0.5) is 0 Å². The van der Waals surface area contributed by atoms with Crippen LogP contribution in [0.2, 0.25) is 0 Å². The number of ether oxygens (including phenoxy) is 3. The number of hydrogen-bond acceptors (Lipinski definition) is 6. The van der Waals surface area contributed by atoms with Crippen LogP contribution in [0.3, 0.4) is 0 Å². The zero-order chi connectivity index (χ0) is 19.9. The first-order valence-corrected chi connectivity index (χ1v) is 9.80. The van der Waals surface area contributed by atoms with Crippen LogP contribution in [0.25, 0.3) is 0 Å². The maximum Gasteiger partial charge on any atom is 0.334 e. The second kappa shape index (κ2) is 5.51. The van der Waals surface area contributed by atoms with E-state index in [9.17, 15) is 9.90 Å². The van der Waals surface area contributed by atoms with E-state index in [2.05, 4.69) is 20.4 Å². The molecule has 2 saturated heterocycles. The lowest BCUT2D eigenvalue weighted by Gasteiger charge is -2.60. The van der Waals surface area contributed by atoms with Gasteiger partial charge in [-0.25, -0.2) is 4.79 Å². The number of esters is 1. The molecule has 1 saturated carbocycles. The number of fused-ring (bicyclic) bond motifs is 4. The third-order valence-electron chi connectivity index (χ3n) is 7.88. The van der Waals surface area contributed by atoms with Crippen LogP contribution in [-0.2, 0) is 19.0 Å². The topological polar surface area (TPSA) is 81.4 Å². The predicted octanol–water partition coefficient (Wildman–Crippen LogP) is 3.29. The predicted molar refractivity (Wildman–Crippen MR) is 98.9 cm³/mol. The van der Waals surface area contributed by atoms with E-state index >= 15 is 0 Å². The summed E-state index contributed by atoms with van der Waals surface area (Å²) in [4.78, 5) is 12.9. The van der Waals surface area contributed by atoms with Crippen molar-refractivity contribution in [3.8, 4) is 0 Å². The molecule has 1 N–H and O–H groups in total. The van der Waals surface area contributed by atoms with E-state index in [1.165, 1.54) is 7.11 Å². The normalized spacial score (nSPS) is 46.4. The highest BCUT2D eigenvalue weighted by atomic mass is 16.6. The number of carbonyl (C=O) groups is 1. The fraction of sp³-hybridized carbons (Fsp3) is 0.591. The molecule has 3 fully saturated rings. The standard InChI is InChI=1S/C22H26O6/c1-12(25-4)22(24)18-15(27-18)9-17-20(2)10-16(13-6-8-26-11-13)28-19(23)14(20)5-7-21(17,22)3/h5-6,8,11,15-18,24H,1,7,9-10H2,2-4H3. The van der Waals surface area contributed by atoms with Gasteiger partial charge in [0, 0.05) is 22.0 Å². The number of methoxy groups -OCH3 is 1. The minimum absolute atomic E-state index is 0.0166. The summed E-state index contributed by atoms with van der Waals surface area (Å²) in [7, 11) is 1.53. The van der Waals surface area contributed by atoms with Gasteiger partial charge in [-0.2, -0.15) is 0 Å². The van der Waals surface area contributed by atoms with E-state index in [1.807, 2.05) is 12.1 Å². The molecule has 0 aromatic carbocycles. The molecular weight excluding hydrogens is 360 g/mol. The van der Waals surface area contributed by atoms with Crippen LogP contribution in [0.1, 0.15) is 44.8 Å². The molecule has 2 aliphatic carbocycles. The molecule has 150 valence electrons. The zero-order valence-corrected chi connectivity index (χ0v) is 16.4. The molecule has 5 rings (SSSR count). The summed E-state index contributed by atoms with van der Waals surface area (Å²) in [5.74, 6) is 0.0651. The van der Waals surface area contributed by atoms with Crippen LogP contribution in [0, 0.1) is 16.7 Å². The van der Waals surface area contributed by atoms with Gasteiger partial charge in [-0.3, -0.25) is 0 Å². The lowest BCUT2D eigenvalue weighted by Crippen LogP contribution is -2.64. The van der Waals surface area contributed by atoms with Gasteiger partial charge in [-0.15, -0.1) is 0 Å². The number of furan rings is 1. The van der Waals surface area contributed by atoms with Crippen molar-refractivity contribution in [2.45, 2.75) is 57.0 Å². The molecule has 0 amide bonds. The van der Waals surface area contributed by atoms with Crippen LogP contribution in [0.15, 0.2) is 47.0 Å². The number of allylic oxidation sites excluding steroid dienone is 1. The molecular formula is C22H26O6. The Labute approximate surface area is 164 Å². The van der Waals surface area contributed by atoms with Gasteiger partial charge in [-0.1, -0.05) is 26.5 Å². The maximum absolute atomic E-state index is 12.9. The van der Waals surface area contributed by atoms with E-state index in [0.29, 0.717) is 24.2 Å². The van der Waals surface area contributed by atoms with Gasteiger partial charge in [0.25, 0.3) is 0 Å². The SMILES string of the molecule is C=C(OC)C1(O)C2OC2CC2C3(C)CC(c4ccoc4)OC(=O)C3=CCC21C. The molecule has 4 aliphatic rings. The lowest BCUT2D eigenvalue weighted by atomic mass is 9.45. The van der Waals surface area contributed by atoms with Gasteiger partial charge < -0.3 is 23.7 Å². The number of cyclic esters (lactones) is 1. The van der Waals surface area contributed by atoms with Crippen molar-refractivity contribution in [1.82, 2.24) is 0 Å². The van der Waals surface area contributed by atoms with Gasteiger partial charge in [0.05, 0.1) is 25.7 Å². The molecule has 1 aromatic rings. The molecule has 6 nitrogen and oxygen atoms in total. The quantitative estimate of drug-likeness (QED) is 0.488. The minimum Gasteiger partial charge on any atom is -0.499 e. The van der Waals surface area contributed by atoms with Crippen LogP contribution in [0.5, 0.6) is 0 Å². The molecule has 7 unspecified atom stereocenters. The number of carbonyl (C=O) groups excluding carboxylic acids is 1. The second-order valence-corrected chi connectivity index (χ2v) is 9.09. The van der Waals surface area contributed by atoms with Crippen molar-refractivity contribution < 1.29 is 28.5 Å². The molecule has 0 spiro atoms. The largest absolute Gasteiger partial charge is 0.499 e. The van der Waals surface area contributed by atoms with Gasteiger partial charge in [-0.05, 0) is 31.2 Å². The van der Waals surface area contributed by atoms with E-state index in [-0.39, 0.29) is 30.2 Å². The van der Waals surface area contributed by atoms with Gasteiger partial charge in [0.2, 0.25) is 0 Å². The van der Waals surface area contributed by atoms with Crippen molar-refractivity contribution in [3.63, 3.8) is 0 Å². The summed E-state index contributed by atoms with van der Waals surface area (Å²) in [6.45, 7) is 8.19. The molecule has 1 aromatic heterocycles. The first kappa shape index (κ1) is 18.0. The number of epoxide rings is 1. The first-order valence-electron chi connectivity index (χ1n) is 9.80. The summed E-state index contributed by atoms with van der Waals surface area (Å²) in [5, 5.41) is 11.8. The summed E-state index contributed by atoms with van der Waals surface area (Å²) >= 11 is 0. The van der Waals surface area contributed by atoms with E-state index in [4.69, 9.17) is 18.6 Å². The van der Waals surface area contributed by atoms with E-state index in [1.54, 1.807) is 12.5 Å². The van der Waals surface area contributed by atoms with Crippen molar-refractivity contribution in [1.29, 1.82) is 0 Å². The second-order valence-electron chi connectivity index (χ2n) is 9.09. The summed E-state index contributed by atoms with van der Waals surface area (Å²) in [5.41, 5.74) is -0.752. The summed E-state index contributed by atoms with van der Waals surface area (Å²) in [6, 6.07) is 1.84. The van der Waals surface area contributed by atoms with Crippen LogP contribution >= 0.6 is 0 Å². The number of rotatable bonds is 3. The fourth-order valence-electron chi connectivity index (χ4n) is 6.23. The maximum atomic E-state index is 12.9. The third kappa shape index (κ3) is 2.02. The van der Waals surface area contributed by atoms with Gasteiger partial charge in [0.15, 0.2) is 5.60 Å². The fourth-order valence-corrected chi connectivity index (χ4v) is 6.23. The third-order valence-corrected chi connectivity index (χ3v) is 7.88. The van der Waals surface area contributed by atoms with Gasteiger partial charge >= 0.3 is 5.97 Å². The van der Waals surface area contributed by atoms with Crippen LogP contribution < -0.4 is 0 Å². The molecule has 6 heteroatoms. The number of hydrogen-bond donors (Lipinski definition) is 1. The molecule has 7 atom stereocenters. The summed E-state index contributed by atoms with van der Waals surface area (Å²) < 4.78 is 22.2. The average molecular weight is 386 g/mol. The van der Waals surface area contributed by atoms with Crippen molar-refractivity contribution in [2.75, 3.05) is 7.11 Å². The molecule has 0 bridgehead atoms. The molecule has 28 heavy (non-hydrogen) atoms. The average Bonchev–Trinajstić information content (AvgIpc) is 3.24. The zero-order valence-electron chi connectivity index (χ0n) is 16.4. The summed E-state index contributed by atoms with van der Waals surface area (Å²) in [6.07, 6.45) is 6.41. The Bertz CT molecular complexity index is 872. The monoisotopic (exact) mass is 386 g/mol. The Balaban J connectivity index is 1.61. The smallest absolute Gasteiger partial charge is 0.334 e. The van der Waals surface area contributed by atoms with E-state index in [0.717, 1.165) is 12.0 Å². The Kier molecular flexibility index (Phi) is 3.55. The Morgan fingerprint density at radius 1 is 1.39 bits per heavy atom. The van der Waals surface area contributed by atoms with Gasteiger partial charge in [0.1, 0.15) is 18.0 Å². The molecule has 3 heterocycles. The Hall–Kier alpha value is -2.05. The van der Waals surface area contributed by atoms with E-state index < -0.39 is 16.4 Å². The highest BCUT2D eigenvalue weighted by Crippen LogP contribution is 2.69. The molecule has 0 radical (unpaired) electrons. The van der Waals surface area contributed by atoms with Crippen molar-refractivity contribution in [2.24, 2.45) is 16.7 Å². The molecule has 2 aliphatic heterocycles. The number of aliphatic hydroxyl groups is 1. The van der Waals surface area contributed by atoms with Crippen LogP contribution in [-0.4, -0.2) is 36.0 Å². The lowest BCUT2D eigenvalue weighted by molar-refractivity contribution is -0.178. The Morgan fingerprint density at radius 3 is 2.86 bits per heavy atom.